The molecule has 1 spiro atoms. The zero-order valence-corrected chi connectivity index (χ0v) is 30.1. The molecule has 0 radical (unpaired) electrons. The van der Waals surface area contributed by atoms with Gasteiger partial charge in [-0.2, -0.15) is 0 Å². The van der Waals surface area contributed by atoms with E-state index in [0.29, 0.717) is 24.8 Å². The molecule has 274 valence electrons. The predicted molar refractivity (Wildman–Crippen MR) is 200 cm³/mol. The molecule has 54 heavy (non-hydrogen) atoms. The van der Waals surface area contributed by atoms with Crippen LogP contribution in [0.4, 0.5) is 11.6 Å². The fourth-order valence-corrected chi connectivity index (χ4v) is 7.86. The van der Waals surface area contributed by atoms with Crippen molar-refractivity contribution in [2.45, 2.75) is 63.7 Å². The summed E-state index contributed by atoms with van der Waals surface area (Å²) in [6, 6.07) is 22.0. The molecular weight excluding hydrogens is 684 g/mol. The third-order valence-corrected chi connectivity index (χ3v) is 11.0. The van der Waals surface area contributed by atoms with Crippen molar-refractivity contribution in [2.75, 3.05) is 29.9 Å². The van der Waals surface area contributed by atoms with Gasteiger partial charge >= 0.3 is 0 Å². The number of fused-ring (bicyclic) bond motifs is 1. The number of imide groups is 2. The van der Waals surface area contributed by atoms with Gasteiger partial charge in [0.15, 0.2) is 0 Å². The largest absolute Gasteiger partial charge is 0.487 e. The first-order valence-electron chi connectivity index (χ1n) is 18.2. The molecule has 1 aromatic heterocycles. The summed E-state index contributed by atoms with van der Waals surface area (Å²) in [6.07, 6.45) is 3.53. The van der Waals surface area contributed by atoms with Gasteiger partial charge in [-0.25, -0.2) is 9.97 Å². The number of hydrogen-bond donors (Lipinski definition) is 3. The number of aromatic nitrogens is 2. The van der Waals surface area contributed by atoms with Crippen molar-refractivity contribution in [1.29, 1.82) is 0 Å². The minimum Gasteiger partial charge on any atom is -0.487 e. The monoisotopic (exact) mass is 724 g/mol. The average molecular weight is 725 g/mol. The number of anilines is 2. The van der Waals surface area contributed by atoms with E-state index in [1.807, 2.05) is 30.3 Å². The Morgan fingerprint density at radius 1 is 0.944 bits per heavy atom. The molecule has 4 heterocycles. The van der Waals surface area contributed by atoms with Crippen LogP contribution in [0.5, 0.6) is 5.75 Å². The van der Waals surface area contributed by atoms with Gasteiger partial charge in [-0.3, -0.25) is 29.4 Å². The van der Waals surface area contributed by atoms with Crippen LogP contribution in [0.2, 0.25) is 0 Å². The lowest BCUT2D eigenvalue weighted by atomic mass is 9.62. The smallest absolute Gasteiger partial charge is 0.262 e. The van der Waals surface area contributed by atoms with Gasteiger partial charge in [0.25, 0.3) is 11.8 Å². The fraction of sp³-hybridized carbons (Fsp3) is 0.333. The van der Waals surface area contributed by atoms with Crippen LogP contribution in [-0.4, -0.2) is 75.4 Å². The molecule has 12 heteroatoms. The lowest BCUT2D eigenvalue weighted by Crippen LogP contribution is -2.64. The number of amides is 4. The molecule has 2 saturated heterocycles. The summed E-state index contributed by atoms with van der Waals surface area (Å²) in [4.78, 5) is 62.2. The number of ether oxygens (including phenoxy) is 1. The first-order valence-corrected chi connectivity index (χ1v) is 18.2. The van der Waals surface area contributed by atoms with Crippen molar-refractivity contribution >= 4 is 35.3 Å². The molecule has 1 atom stereocenters. The van der Waals surface area contributed by atoms with Crippen LogP contribution < -0.4 is 20.3 Å². The number of piperidine rings is 1. The maximum Gasteiger partial charge on any atom is 0.262 e. The molecule has 0 bridgehead atoms. The zero-order valence-electron chi connectivity index (χ0n) is 30.1. The van der Waals surface area contributed by atoms with Gasteiger partial charge in [-0.1, -0.05) is 50.0 Å². The number of aliphatic hydroxyl groups is 1. The maximum absolute atomic E-state index is 13.1. The summed E-state index contributed by atoms with van der Waals surface area (Å²) in [5, 5.41) is 15.1. The number of carbonyl (C=O) groups excluding carboxylic acids is 4. The maximum atomic E-state index is 13.1. The Kier molecular flexibility index (Phi) is 8.90. The molecular formula is C42H40N6O6. The first-order chi connectivity index (χ1) is 26.0. The summed E-state index contributed by atoms with van der Waals surface area (Å²) in [5.74, 6) is 5.62. The Balaban J connectivity index is 0.832. The Bertz CT molecular complexity index is 2210. The summed E-state index contributed by atoms with van der Waals surface area (Å²) in [5.41, 5.74) is 5.01. The number of nitrogens with zero attached hydrogens (tertiary/aromatic N) is 4. The van der Waals surface area contributed by atoms with E-state index in [1.54, 1.807) is 24.4 Å². The second-order valence-corrected chi connectivity index (χ2v) is 15.1. The lowest BCUT2D eigenvalue weighted by Gasteiger charge is -2.57. The molecule has 3 fully saturated rings. The van der Waals surface area contributed by atoms with Gasteiger partial charge in [0, 0.05) is 47.8 Å². The van der Waals surface area contributed by atoms with Crippen LogP contribution in [0, 0.1) is 17.3 Å². The summed E-state index contributed by atoms with van der Waals surface area (Å²) >= 11 is 0. The summed E-state index contributed by atoms with van der Waals surface area (Å²) < 4.78 is 6.08. The average Bonchev–Trinajstić information content (AvgIpc) is 3.38. The van der Waals surface area contributed by atoms with Crippen LogP contribution in [0.1, 0.15) is 82.6 Å². The number of hydrogen-bond acceptors (Lipinski definition) is 10. The number of aliphatic hydroxyl groups excluding tert-OH is 1. The SMILES string of the molecule is CC(C)(c1ccc(C#CCNc2ccc3c(c2)C(=O)N(C2CCC(=O)NC2=O)C3=O)cc1)c1ccc(OCc2ccnc(N3CC4(CC(O)C4)C3)n2)cc1. The minimum absolute atomic E-state index is 0.0716. The van der Waals surface area contributed by atoms with Gasteiger partial charge in [0.2, 0.25) is 17.8 Å². The van der Waals surface area contributed by atoms with Crippen molar-refractivity contribution in [3.63, 3.8) is 0 Å². The third kappa shape index (κ3) is 6.67. The van der Waals surface area contributed by atoms with Crippen LogP contribution in [0.3, 0.4) is 0 Å². The second kappa shape index (κ2) is 13.7. The van der Waals surface area contributed by atoms with Gasteiger partial charge < -0.3 is 20.1 Å². The molecule has 1 saturated carbocycles. The highest BCUT2D eigenvalue weighted by atomic mass is 16.5. The minimum atomic E-state index is -1.00. The van der Waals surface area contributed by atoms with Crippen molar-refractivity contribution in [3.05, 3.63) is 113 Å². The number of rotatable bonds is 9. The first kappa shape index (κ1) is 35.0. The number of nitrogens with one attached hydrogen (secondary N) is 2. The molecule has 1 aliphatic carbocycles. The molecule has 4 aliphatic rings. The van der Waals surface area contributed by atoms with E-state index < -0.39 is 29.7 Å². The van der Waals surface area contributed by atoms with Crippen molar-refractivity contribution in [3.8, 4) is 17.6 Å². The van der Waals surface area contributed by atoms with Crippen LogP contribution in [0.25, 0.3) is 0 Å². The van der Waals surface area contributed by atoms with Crippen molar-refractivity contribution < 1.29 is 29.0 Å². The van der Waals surface area contributed by atoms with Gasteiger partial charge in [-0.15, -0.1) is 0 Å². The Labute approximate surface area is 312 Å². The van der Waals surface area contributed by atoms with Gasteiger partial charge in [-0.05, 0) is 78.9 Å². The van der Waals surface area contributed by atoms with E-state index in [0.717, 1.165) is 59.0 Å². The fourth-order valence-electron chi connectivity index (χ4n) is 7.86. The van der Waals surface area contributed by atoms with E-state index in [2.05, 4.69) is 70.5 Å². The second-order valence-electron chi connectivity index (χ2n) is 15.1. The van der Waals surface area contributed by atoms with E-state index in [4.69, 9.17) is 9.72 Å². The highest BCUT2D eigenvalue weighted by molar-refractivity contribution is 6.23. The summed E-state index contributed by atoms with van der Waals surface area (Å²) in [6.45, 7) is 6.79. The standard InChI is InChI=1S/C42H40N6O6/c1-41(2,28-9-12-32(13-10-28)54-23-30-17-19-44-40(45-30)47-24-42(25-47)21-31(49)22-42)27-7-5-26(6-8-27)4-3-18-43-29-11-14-33-34(20-29)39(53)48(38(33)52)35-15-16-36(50)46-37(35)51/h5-14,17,19-20,31,35,43,49H,15-16,18,21-25H2,1-2H3,(H,46,50,51). The Morgan fingerprint density at radius 3 is 2.35 bits per heavy atom. The lowest BCUT2D eigenvalue weighted by molar-refractivity contribution is -0.136. The molecule has 4 amide bonds. The van der Waals surface area contributed by atoms with E-state index in [-0.39, 0.29) is 40.9 Å². The zero-order chi connectivity index (χ0) is 37.6. The third-order valence-electron chi connectivity index (χ3n) is 11.0. The molecule has 3 N–H and O–H groups in total. The molecule has 4 aromatic rings. The van der Waals surface area contributed by atoms with Crippen molar-refractivity contribution in [2.24, 2.45) is 5.41 Å². The van der Waals surface area contributed by atoms with Gasteiger partial charge in [0.1, 0.15) is 18.4 Å². The van der Waals surface area contributed by atoms with Crippen LogP contribution >= 0.6 is 0 Å². The molecule has 3 aromatic carbocycles. The van der Waals surface area contributed by atoms with E-state index in [9.17, 15) is 24.3 Å². The number of benzene rings is 3. The molecule has 3 aliphatic heterocycles. The Hall–Kier alpha value is -6.06. The number of carbonyl (C=O) groups is 4. The topological polar surface area (TPSA) is 154 Å². The normalized spacial score (nSPS) is 19.1. The van der Waals surface area contributed by atoms with Gasteiger partial charge in [0.05, 0.1) is 29.5 Å². The van der Waals surface area contributed by atoms with Crippen LogP contribution in [0.15, 0.2) is 79.0 Å². The molecule has 12 nitrogen and oxygen atoms in total. The molecule has 8 rings (SSSR count). The van der Waals surface area contributed by atoms with E-state index >= 15 is 0 Å². The quantitative estimate of drug-likeness (QED) is 0.169. The van der Waals surface area contributed by atoms with Crippen LogP contribution in [-0.2, 0) is 21.6 Å². The highest BCUT2D eigenvalue weighted by Crippen LogP contribution is 2.49. The predicted octanol–water partition coefficient (Wildman–Crippen LogP) is 4.21. The summed E-state index contributed by atoms with van der Waals surface area (Å²) in [7, 11) is 0. The van der Waals surface area contributed by atoms with E-state index in [1.165, 1.54) is 0 Å². The van der Waals surface area contributed by atoms with Crippen molar-refractivity contribution in [1.82, 2.24) is 20.2 Å². The molecule has 1 unspecified atom stereocenters. The Morgan fingerprint density at radius 2 is 1.65 bits per heavy atom. The highest BCUT2D eigenvalue weighted by Gasteiger charge is 2.52.